The minimum Gasteiger partial charge on any atom is -0.366 e. The monoisotopic (exact) mass is 352 g/mol. The molecule has 1 fully saturated rings. The standard InChI is InChI=1S/C17H20N8O/c1-12-17(20-9-8-19-12)22-13-2-4-14(5-3-13)25-16(26)7-6-15(23-25)24-11-18-10-21-24/h6-11,13-14H,2-5H2,1H3,(H,20,22). The van der Waals surface area contributed by atoms with Crippen LogP contribution in [0.1, 0.15) is 37.4 Å². The van der Waals surface area contributed by atoms with Gasteiger partial charge in [0.25, 0.3) is 5.56 Å². The lowest BCUT2D eigenvalue weighted by molar-refractivity contribution is 0.302. The minimum atomic E-state index is -0.0879. The molecule has 0 bridgehead atoms. The van der Waals surface area contributed by atoms with Crippen molar-refractivity contribution in [2.45, 2.75) is 44.7 Å². The molecule has 1 saturated carbocycles. The summed E-state index contributed by atoms with van der Waals surface area (Å²) >= 11 is 0. The van der Waals surface area contributed by atoms with Crippen molar-refractivity contribution in [3.05, 3.63) is 53.2 Å². The number of nitrogens with one attached hydrogen (secondary N) is 1. The van der Waals surface area contributed by atoms with Gasteiger partial charge in [0.15, 0.2) is 5.82 Å². The molecule has 0 radical (unpaired) electrons. The van der Waals surface area contributed by atoms with Crippen LogP contribution in [0.5, 0.6) is 0 Å². The molecule has 9 heteroatoms. The van der Waals surface area contributed by atoms with E-state index in [0.29, 0.717) is 11.9 Å². The smallest absolute Gasteiger partial charge is 0.267 e. The first-order valence-corrected chi connectivity index (χ1v) is 8.70. The van der Waals surface area contributed by atoms with Crippen molar-refractivity contribution in [2.75, 3.05) is 5.32 Å². The summed E-state index contributed by atoms with van der Waals surface area (Å²) in [6, 6.07) is 3.62. The first-order chi connectivity index (χ1) is 12.7. The number of aromatic nitrogens is 7. The van der Waals surface area contributed by atoms with Crippen LogP contribution in [-0.4, -0.2) is 40.6 Å². The van der Waals surface area contributed by atoms with Crippen LogP contribution < -0.4 is 10.9 Å². The highest BCUT2D eigenvalue weighted by Gasteiger charge is 2.24. The van der Waals surface area contributed by atoms with Gasteiger partial charge in [-0.3, -0.25) is 9.78 Å². The van der Waals surface area contributed by atoms with Gasteiger partial charge in [0.05, 0.1) is 11.7 Å². The third-order valence-corrected chi connectivity index (χ3v) is 4.73. The quantitative estimate of drug-likeness (QED) is 0.759. The molecule has 4 rings (SSSR count). The van der Waals surface area contributed by atoms with Crippen LogP contribution in [0.3, 0.4) is 0 Å². The van der Waals surface area contributed by atoms with Crippen LogP contribution in [0.25, 0.3) is 5.82 Å². The first-order valence-electron chi connectivity index (χ1n) is 8.70. The molecule has 26 heavy (non-hydrogen) atoms. The van der Waals surface area contributed by atoms with E-state index in [4.69, 9.17) is 0 Å². The van der Waals surface area contributed by atoms with E-state index >= 15 is 0 Å². The van der Waals surface area contributed by atoms with E-state index in [1.165, 1.54) is 12.4 Å². The van der Waals surface area contributed by atoms with Gasteiger partial charge in [-0.1, -0.05) is 0 Å². The zero-order chi connectivity index (χ0) is 17.9. The average Bonchev–Trinajstić information content (AvgIpc) is 3.20. The molecule has 134 valence electrons. The van der Waals surface area contributed by atoms with E-state index in [-0.39, 0.29) is 11.6 Å². The van der Waals surface area contributed by atoms with Gasteiger partial charge in [-0.05, 0) is 38.7 Å². The summed E-state index contributed by atoms with van der Waals surface area (Å²) in [7, 11) is 0. The maximum atomic E-state index is 12.3. The lowest BCUT2D eigenvalue weighted by Crippen LogP contribution is -2.33. The van der Waals surface area contributed by atoms with Crippen LogP contribution in [0.15, 0.2) is 42.0 Å². The van der Waals surface area contributed by atoms with Crippen LogP contribution in [0.4, 0.5) is 5.82 Å². The molecule has 0 spiro atoms. The maximum absolute atomic E-state index is 12.3. The molecule has 1 aliphatic carbocycles. The van der Waals surface area contributed by atoms with Crippen molar-refractivity contribution < 1.29 is 0 Å². The number of hydrogen-bond acceptors (Lipinski definition) is 7. The number of nitrogens with zero attached hydrogens (tertiary/aromatic N) is 7. The molecule has 0 aromatic carbocycles. The van der Waals surface area contributed by atoms with Gasteiger partial charge in [0.1, 0.15) is 18.5 Å². The van der Waals surface area contributed by atoms with E-state index in [1.807, 2.05) is 6.92 Å². The van der Waals surface area contributed by atoms with E-state index in [1.54, 1.807) is 34.2 Å². The lowest BCUT2D eigenvalue weighted by Gasteiger charge is -2.30. The molecule has 3 aromatic heterocycles. The number of anilines is 1. The SMILES string of the molecule is Cc1nccnc1NC1CCC(n2nc(-n3cncn3)ccc2=O)CC1. The Hall–Kier alpha value is -3.10. The first kappa shape index (κ1) is 16.4. The fraction of sp³-hybridized carbons (Fsp3) is 0.412. The molecule has 1 aliphatic rings. The Morgan fingerprint density at radius 2 is 1.92 bits per heavy atom. The molecule has 1 N–H and O–H groups in total. The molecule has 0 atom stereocenters. The zero-order valence-corrected chi connectivity index (χ0v) is 14.5. The molecular formula is C17H20N8O. The Balaban J connectivity index is 1.46. The average molecular weight is 352 g/mol. The molecular weight excluding hydrogens is 332 g/mol. The van der Waals surface area contributed by atoms with Gasteiger partial charge in [-0.25, -0.2) is 19.3 Å². The third-order valence-electron chi connectivity index (χ3n) is 4.73. The van der Waals surface area contributed by atoms with E-state index in [0.717, 1.165) is 37.2 Å². The van der Waals surface area contributed by atoms with Gasteiger partial charge in [-0.2, -0.15) is 5.10 Å². The van der Waals surface area contributed by atoms with Crippen molar-refractivity contribution in [3.8, 4) is 5.82 Å². The topological polar surface area (TPSA) is 103 Å². The number of aryl methyl sites for hydroxylation is 1. The second-order valence-electron chi connectivity index (χ2n) is 6.45. The molecule has 9 nitrogen and oxygen atoms in total. The van der Waals surface area contributed by atoms with Crippen molar-refractivity contribution in [3.63, 3.8) is 0 Å². The summed E-state index contributed by atoms with van der Waals surface area (Å²) in [5.41, 5.74) is 0.808. The van der Waals surface area contributed by atoms with E-state index < -0.39 is 0 Å². The van der Waals surface area contributed by atoms with Crippen LogP contribution in [0.2, 0.25) is 0 Å². The Morgan fingerprint density at radius 1 is 1.12 bits per heavy atom. The van der Waals surface area contributed by atoms with Gasteiger partial charge in [0, 0.05) is 24.5 Å². The van der Waals surface area contributed by atoms with Gasteiger partial charge in [-0.15, -0.1) is 5.10 Å². The highest BCUT2D eigenvalue weighted by molar-refractivity contribution is 5.39. The largest absolute Gasteiger partial charge is 0.366 e. The minimum absolute atomic E-state index is 0.0879. The van der Waals surface area contributed by atoms with Gasteiger partial charge >= 0.3 is 0 Å². The van der Waals surface area contributed by atoms with Gasteiger partial charge < -0.3 is 5.32 Å². The fourth-order valence-electron chi connectivity index (χ4n) is 3.33. The summed E-state index contributed by atoms with van der Waals surface area (Å²) in [5, 5.41) is 12.0. The lowest BCUT2D eigenvalue weighted by atomic mass is 9.91. The van der Waals surface area contributed by atoms with Gasteiger partial charge in [0.2, 0.25) is 0 Å². The zero-order valence-electron chi connectivity index (χ0n) is 14.5. The molecule has 3 heterocycles. The molecule has 3 aromatic rings. The predicted octanol–water partition coefficient (Wildman–Crippen LogP) is 1.52. The number of hydrogen-bond donors (Lipinski definition) is 1. The summed E-state index contributed by atoms with van der Waals surface area (Å²) in [6.45, 7) is 1.94. The molecule has 0 amide bonds. The van der Waals surface area contributed by atoms with Crippen molar-refractivity contribution >= 4 is 5.82 Å². The van der Waals surface area contributed by atoms with Crippen molar-refractivity contribution in [2.24, 2.45) is 0 Å². The molecule has 0 saturated heterocycles. The van der Waals surface area contributed by atoms with E-state index in [2.05, 4.69) is 30.5 Å². The Morgan fingerprint density at radius 3 is 2.65 bits per heavy atom. The second-order valence-corrected chi connectivity index (χ2v) is 6.45. The Bertz CT molecular complexity index is 928. The summed E-state index contributed by atoms with van der Waals surface area (Å²) < 4.78 is 3.14. The van der Waals surface area contributed by atoms with Crippen LogP contribution in [0, 0.1) is 6.92 Å². The summed E-state index contributed by atoms with van der Waals surface area (Å²) in [5.74, 6) is 1.43. The number of rotatable bonds is 4. The maximum Gasteiger partial charge on any atom is 0.267 e. The predicted molar refractivity (Wildman–Crippen MR) is 95.1 cm³/mol. The Kier molecular flexibility index (Phi) is 4.42. The molecule has 0 aliphatic heterocycles. The summed E-state index contributed by atoms with van der Waals surface area (Å²) in [6.07, 6.45) is 10.1. The second kappa shape index (κ2) is 7.03. The fourth-order valence-corrected chi connectivity index (χ4v) is 3.33. The highest BCUT2D eigenvalue weighted by Crippen LogP contribution is 2.29. The third kappa shape index (κ3) is 3.32. The summed E-state index contributed by atoms with van der Waals surface area (Å²) in [4.78, 5) is 24.8. The Labute approximate surface area is 150 Å². The van der Waals surface area contributed by atoms with Crippen LogP contribution in [-0.2, 0) is 0 Å². The highest BCUT2D eigenvalue weighted by atomic mass is 16.1. The van der Waals surface area contributed by atoms with Crippen LogP contribution >= 0.6 is 0 Å². The van der Waals surface area contributed by atoms with Crippen molar-refractivity contribution in [1.82, 2.24) is 34.5 Å². The van der Waals surface area contributed by atoms with Crippen molar-refractivity contribution in [1.29, 1.82) is 0 Å². The molecule has 0 unspecified atom stereocenters. The normalized spacial score (nSPS) is 20.0. The van der Waals surface area contributed by atoms with E-state index in [9.17, 15) is 4.79 Å².